The van der Waals surface area contributed by atoms with Gasteiger partial charge in [-0.2, -0.15) is 0 Å². The van der Waals surface area contributed by atoms with Gasteiger partial charge in [0.15, 0.2) is 23.4 Å². The van der Waals surface area contributed by atoms with Gasteiger partial charge < -0.3 is 20.7 Å². The van der Waals surface area contributed by atoms with Crippen LogP contribution in [0.15, 0.2) is 17.1 Å². The maximum absolute atomic E-state index is 13.5. The molecule has 6 nitrogen and oxygen atoms in total. The monoisotopic (exact) mass is 474 g/mol. The number of ether oxygens (including phenoxy) is 1. The second-order valence-electron chi connectivity index (χ2n) is 4.74. The quantitative estimate of drug-likeness (QED) is 0.178. The number of hydrogen-bond acceptors (Lipinski definition) is 3. The minimum atomic E-state index is -1.63. The fraction of sp³-hybridized carbons (Fsp3) is 0.467. The van der Waals surface area contributed by atoms with Gasteiger partial charge in [0.2, 0.25) is 5.91 Å². The molecule has 0 aliphatic rings. The van der Waals surface area contributed by atoms with Crippen molar-refractivity contribution in [1.29, 1.82) is 0 Å². The number of nitrogens with one attached hydrogen (secondary N) is 3. The molecular weight excluding hydrogens is 452 g/mol. The number of anilines is 1. The Balaban J connectivity index is 0.00000576. The summed E-state index contributed by atoms with van der Waals surface area (Å²) in [5, 5.41) is 8.09. The number of aliphatic imine (C=N–C) groups is 1. The Morgan fingerprint density at radius 1 is 1.20 bits per heavy atom. The molecule has 0 aliphatic heterocycles. The van der Waals surface area contributed by atoms with Gasteiger partial charge in [0.05, 0.1) is 5.69 Å². The van der Waals surface area contributed by atoms with Crippen molar-refractivity contribution in [3.8, 4) is 0 Å². The average Bonchev–Trinajstić information content (AvgIpc) is 2.57. The molecule has 0 heterocycles. The number of amides is 1. The molecule has 0 saturated carbocycles. The minimum absolute atomic E-state index is 0. The number of methoxy groups -OCH3 is 1. The van der Waals surface area contributed by atoms with Crippen molar-refractivity contribution in [3.05, 3.63) is 29.6 Å². The number of guanidine groups is 1. The van der Waals surface area contributed by atoms with Gasteiger partial charge in [-0.1, -0.05) is 0 Å². The van der Waals surface area contributed by atoms with Gasteiger partial charge in [0, 0.05) is 26.8 Å². The normalized spacial score (nSPS) is 10.8. The Bertz CT molecular complexity index is 588. The Morgan fingerprint density at radius 3 is 2.56 bits per heavy atom. The fourth-order valence-corrected chi connectivity index (χ4v) is 1.73. The smallest absolute Gasteiger partial charge is 0.246 e. The first-order valence-electron chi connectivity index (χ1n) is 7.44. The van der Waals surface area contributed by atoms with Gasteiger partial charge in [0.25, 0.3) is 0 Å². The lowest BCUT2D eigenvalue weighted by molar-refractivity contribution is -0.114. The number of benzene rings is 1. The first-order chi connectivity index (χ1) is 11.5. The van der Waals surface area contributed by atoms with Crippen molar-refractivity contribution in [1.82, 2.24) is 10.6 Å². The van der Waals surface area contributed by atoms with Crippen LogP contribution in [0.5, 0.6) is 0 Å². The van der Waals surface area contributed by atoms with E-state index in [0.717, 1.165) is 18.6 Å². The van der Waals surface area contributed by atoms with Crippen LogP contribution in [0.25, 0.3) is 0 Å². The molecule has 10 heteroatoms. The molecule has 0 spiro atoms. The molecule has 0 saturated heterocycles. The zero-order chi connectivity index (χ0) is 17.9. The lowest BCUT2D eigenvalue weighted by Crippen LogP contribution is -2.38. The number of hydrogen-bond donors (Lipinski definition) is 3. The van der Waals surface area contributed by atoms with E-state index in [0.29, 0.717) is 25.7 Å². The standard InChI is InChI=1S/C15H21F3N4O2.HI/c1-3-19-15(20-7-4-8-24-2)21-9-12(23)22-11-6-5-10(16)13(17)14(11)18;/h5-6H,3-4,7-9H2,1-2H3,(H,22,23)(H2,19,20,21);1H. The third-order valence-corrected chi connectivity index (χ3v) is 2.85. The molecule has 0 radical (unpaired) electrons. The molecule has 0 aliphatic carbocycles. The van der Waals surface area contributed by atoms with Crippen LogP contribution in [0.1, 0.15) is 13.3 Å². The zero-order valence-corrected chi connectivity index (χ0v) is 16.3. The van der Waals surface area contributed by atoms with E-state index < -0.39 is 29.0 Å². The lowest BCUT2D eigenvalue weighted by Gasteiger charge is -2.11. The van der Waals surface area contributed by atoms with Gasteiger partial charge in [-0.15, -0.1) is 24.0 Å². The van der Waals surface area contributed by atoms with Crippen LogP contribution in [-0.2, 0) is 9.53 Å². The van der Waals surface area contributed by atoms with Gasteiger partial charge >= 0.3 is 0 Å². The van der Waals surface area contributed by atoms with Crippen LogP contribution in [0.2, 0.25) is 0 Å². The van der Waals surface area contributed by atoms with E-state index in [1.807, 2.05) is 6.92 Å². The van der Waals surface area contributed by atoms with E-state index in [-0.39, 0.29) is 30.5 Å². The number of nitrogens with zero attached hydrogens (tertiary/aromatic N) is 1. The van der Waals surface area contributed by atoms with Crippen molar-refractivity contribution in [3.63, 3.8) is 0 Å². The van der Waals surface area contributed by atoms with E-state index in [1.165, 1.54) is 0 Å². The molecule has 25 heavy (non-hydrogen) atoms. The highest BCUT2D eigenvalue weighted by Crippen LogP contribution is 2.19. The highest BCUT2D eigenvalue weighted by molar-refractivity contribution is 14.0. The molecule has 3 N–H and O–H groups in total. The summed E-state index contributed by atoms with van der Waals surface area (Å²) in [6, 6.07) is 1.68. The Hall–Kier alpha value is -1.56. The Kier molecular flexibility index (Phi) is 12.0. The summed E-state index contributed by atoms with van der Waals surface area (Å²) in [6.45, 7) is 3.33. The fourth-order valence-electron chi connectivity index (χ4n) is 1.73. The summed E-state index contributed by atoms with van der Waals surface area (Å²) in [5.74, 6) is -4.65. The first kappa shape index (κ1) is 23.4. The summed E-state index contributed by atoms with van der Waals surface area (Å²) in [5.41, 5.74) is -0.438. The molecular formula is C15H22F3IN4O2. The van der Waals surface area contributed by atoms with Crippen LogP contribution < -0.4 is 16.0 Å². The molecule has 1 amide bonds. The van der Waals surface area contributed by atoms with Gasteiger partial charge in [0.1, 0.15) is 6.54 Å². The first-order valence-corrected chi connectivity index (χ1v) is 7.44. The van der Waals surface area contributed by atoms with Crippen LogP contribution >= 0.6 is 24.0 Å². The predicted octanol–water partition coefficient (Wildman–Crippen LogP) is 2.25. The SMILES string of the molecule is CCNC(=NCC(=O)Nc1ccc(F)c(F)c1F)NCCCOC.I. The number of carbonyl (C=O) groups excluding carboxylic acids is 1. The van der Waals surface area contributed by atoms with Gasteiger partial charge in [-0.05, 0) is 25.5 Å². The van der Waals surface area contributed by atoms with E-state index in [2.05, 4.69) is 20.9 Å². The van der Waals surface area contributed by atoms with Gasteiger partial charge in [-0.3, -0.25) is 4.79 Å². The molecule has 1 aromatic carbocycles. The largest absolute Gasteiger partial charge is 0.385 e. The second-order valence-corrected chi connectivity index (χ2v) is 4.74. The number of carbonyl (C=O) groups is 1. The highest BCUT2D eigenvalue weighted by atomic mass is 127. The minimum Gasteiger partial charge on any atom is -0.385 e. The van der Waals surface area contributed by atoms with E-state index >= 15 is 0 Å². The van der Waals surface area contributed by atoms with Crippen LogP contribution in [0.3, 0.4) is 0 Å². The number of halogens is 4. The Labute approximate surface area is 161 Å². The molecule has 0 atom stereocenters. The summed E-state index contributed by atoms with van der Waals surface area (Å²) in [4.78, 5) is 15.8. The third kappa shape index (κ3) is 8.38. The molecule has 0 unspecified atom stereocenters. The highest BCUT2D eigenvalue weighted by Gasteiger charge is 2.15. The van der Waals surface area contributed by atoms with Crippen molar-refractivity contribution in [2.75, 3.05) is 38.7 Å². The maximum Gasteiger partial charge on any atom is 0.246 e. The maximum atomic E-state index is 13.5. The Morgan fingerprint density at radius 2 is 1.92 bits per heavy atom. The summed E-state index contributed by atoms with van der Waals surface area (Å²) >= 11 is 0. The van der Waals surface area contributed by atoms with Gasteiger partial charge in [-0.25, -0.2) is 18.2 Å². The topological polar surface area (TPSA) is 74.8 Å². The van der Waals surface area contributed by atoms with E-state index in [1.54, 1.807) is 7.11 Å². The average molecular weight is 474 g/mol. The van der Waals surface area contributed by atoms with Crippen LogP contribution in [0, 0.1) is 17.5 Å². The zero-order valence-electron chi connectivity index (χ0n) is 14.0. The van der Waals surface area contributed by atoms with Crippen LogP contribution in [0.4, 0.5) is 18.9 Å². The van der Waals surface area contributed by atoms with E-state index in [9.17, 15) is 18.0 Å². The van der Waals surface area contributed by atoms with Crippen molar-refractivity contribution in [2.24, 2.45) is 4.99 Å². The van der Waals surface area contributed by atoms with Crippen molar-refractivity contribution < 1.29 is 22.7 Å². The summed E-state index contributed by atoms with van der Waals surface area (Å²) < 4.78 is 44.3. The number of rotatable bonds is 8. The predicted molar refractivity (Wildman–Crippen MR) is 101 cm³/mol. The van der Waals surface area contributed by atoms with Crippen molar-refractivity contribution in [2.45, 2.75) is 13.3 Å². The summed E-state index contributed by atoms with van der Waals surface area (Å²) in [6.07, 6.45) is 0.757. The third-order valence-electron chi connectivity index (χ3n) is 2.85. The second kappa shape index (κ2) is 12.8. The summed E-state index contributed by atoms with van der Waals surface area (Å²) in [7, 11) is 1.60. The lowest BCUT2D eigenvalue weighted by atomic mass is 10.3. The molecule has 1 rings (SSSR count). The van der Waals surface area contributed by atoms with E-state index in [4.69, 9.17) is 4.74 Å². The molecule has 0 bridgehead atoms. The molecule has 0 fully saturated rings. The van der Waals surface area contributed by atoms with Crippen molar-refractivity contribution >= 4 is 41.5 Å². The molecule has 1 aromatic rings. The van der Waals surface area contributed by atoms with Crippen LogP contribution in [-0.4, -0.2) is 45.2 Å². The molecule has 0 aromatic heterocycles. The molecule has 142 valence electrons.